The second kappa shape index (κ2) is 6.75. The molecule has 0 atom stereocenters. The van der Waals surface area contributed by atoms with Crippen LogP contribution in [0.1, 0.15) is 15.9 Å². The van der Waals surface area contributed by atoms with Crippen LogP contribution in [0.15, 0.2) is 72.9 Å². The molecule has 2 aromatic carbocycles. The third kappa shape index (κ3) is 3.74. The lowest BCUT2D eigenvalue weighted by Crippen LogP contribution is -2.12. The van der Waals surface area contributed by atoms with Crippen molar-refractivity contribution in [3.05, 3.63) is 84.1 Å². The normalized spacial score (nSPS) is 10.1. The Morgan fingerprint density at radius 2 is 1.65 bits per heavy atom. The maximum atomic E-state index is 12.1. The van der Waals surface area contributed by atoms with E-state index in [9.17, 15) is 4.79 Å². The highest BCUT2D eigenvalue weighted by atomic mass is 16.1. The number of hydrogen-bond donors (Lipinski definition) is 2. The molecule has 1 amide bonds. The van der Waals surface area contributed by atoms with Gasteiger partial charge in [0.1, 0.15) is 5.82 Å². The quantitative estimate of drug-likeness (QED) is 0.751. The van der Waals surface area contributed by atoms with Crippen LogP contribution in [0.2, 0.25) is 0 Å². The summed E-state index contributed by atoms with van der Waals surface area (Å²) in [5.41, 5.74) is 3.68. The van der Waals surface area contributed by atoms with Crippen molar-refractivity contribution in [2.75, 3.05) is 10.6 Å². The number of anilines is 3. The summed E-state index contributed by atoms with van der Waals surface area (Å²) in [6.45, 7) is 2.05. The number of carbonyl (C=O) groups is 1. The molecule has 4 nitrogen and oxygen atoms in total. The number of pyridine rings is 1. The Balaban J connectivity index is 1.68. The van der Waals surface area contributed by atoms with Crippen molar-refractivity contribution in [2.45, 2.75) is 6.92 Å². The molecule has 1 heterocycles. The van der Waals surface area contributed by atoms with Crippen molar-refractivity contribution in [1.29, 1.82) is 0 Å². The van der Waals surface area contributed by atoms with E-state index in [-0.39, 0.29) is 5.91 Å². The summed E-state index contributed by atoms with van der Waals surface area (Å²) in [7, 11) is 0. The first-order valence-corrected chi connectivity index (χ1v) is 7.37. The van der Waals surface area contributed by atoms with E-state index in [0.717, 1.165) is 16.9 Å². The van der Waals surface area contributed by atoms with Crippen LogP contribution in [0.25, 0.3) is 0 Å². The number of amides is 1. The Hall–Kier alpha value is -3.14. The molecule has 0 aliphatic rings. The molecule has 4 heteroatoms. The second-order valence-electron chi connectivity index (χ2n) is 5.19. The summed E-state index contributed by atoms with van der Waals surface area (Å²) in [6, 6.07) is 20.8. The summed E-state index contributed by atoms with van der Waals surface area (Å²) in [4.78, 5) is 16.3. The van der Waals surface area contributed by atoms with E-state index < -0.39 is 0 Å². The number of rotatable bonds is 4. The minimum absolute atomic E-state index is 0.169. The molecule has 0 aliphatic carbocycles. The summed E-state index contributed by atoms with van der Waals surface area (Å²) in [5, 5.41) is 6.09. The molecule has 0 spiro atoms. The smallest absolute Gasteiger partial charge is 0.256 e. The first kappa shape index (κ1) is 14.8. The number of nitrogens with one attached hydrogen (secondary N) is 2. The molecular formula is C19H17N3O. The predicted octanol–water partition coefficient (Wildman–Crippen LogP) is 4.39. The fourth-order valence-electron chi connectivity index (χ4n) is 2.19. The summed E-state index contributed by atoms with van der Waals surface area (Å²) in [6.07, 6.45) is 1.70. The maximum absolute atomic E-state index is 12.1. The van der Waals surface area contributed by atoms with Gasteiger partial charge < -0.3 is 10.6 Å². The van der Waals surface area contributed by atoms with Gasteiger partial charge in [0.05, 0.1) is 11.9 Å². The Bertz CT molecular complexity index is 798. The van der Waals surface area contributed by atoms with Gasteiger partial charge in [-0.1, -0.05) is 36.4 Å². The van der Waals surface area contributed by atoms with E-state index in [1.54, 1.807) is 24.4 Å². The van der Waals surface area contributed by atoms with E-state index in [4.69, 9.17) is 0 Å². The molecule has 0 radical (unpaired) electrons. The van der Waals surface area contributed by atoms with Crippen LogP contribution < -0.4 is 10.6 Å². The number of carbonyl (C=O) groups excluding carboxylic acids is 1. The van der Waals surface area contributed by atoms with E-state index in [1.165, 1.54) is 0 Å². The molecule has 23 heavy (non-hydrogen) atoms. The third-order valence-electron chi connectivity index (χ3n) is 3.47. The molecule has 3 aromatic rings. The van der Waals surface area contributed by atoms with Gasteiger partial charge in [-0.05, 0) is 42.8 Å². The van der Waals surface area contributed by atoms with E-state index in [0.29, 0.717) is 11.4 Å². The Labute approximate surface area is 135 Å². The van der Waals surface area contributed by atoms with Crippen molar-refractivity contribution < 1.29 is 4.79 Å². The average molecular weight is 303 g/mol. The fourth-order valence-corrected chi connectivity index (χ4v) is 2.19. The predicted molar refractivity (Wildman–Crippen MR) is 93.1 cm³/mol. The van der Waals surface area contributed by atoms with Gasteiger partial charge in [0.25, 0.3) is 5.91 Å². The number of nitrogens with zero attached hydrogens (tertiary/aromatic N) is 1. The third-order valence-corrected chi connectivity index (χ3v) is 3.47. The van der Waals surface area contributed by atoms with Crippen LogP contribution in [0.3, 0.4) is 0 Å². The molecule has 0 bridgehead atoms. The molecular weight excluding hydrogens is 286 g/mol. The van der Waals surface area contributed by atoms with Crippen molar-refractivity contribution in [1.82, 2.24) is 4.98 Å². The van der Waals surface area contributed by atoms with Crippen LogP contribution in [0.5, 0.6) is 0 Å². The topological polar surface area (TPSA) is 54.0 Å². The zero-order valence-electron chi connectivity index (χ0n) is 12.8. The van der Waals surface area contributed by atoms with Gasteiger partial charge >= 0.3 is 0 Å². The lowest BCUT2D eigenvalue weighted by Gasteiger charge is -2.10. The fraction of sp³-hybridized carbons (Fsp3) is 0.0526. The molecule has 0 fully saturated rings. The van der Waals surface area contributed by atoms with Crippen LogP contribution >= 0.6 is 0 Å². The van der Waals surface area contributed by atoms with Gasteiger partial charge in [0, 0.05) is 11.3 Å². The lowest BCUT2D eigenvalue weighted by molar-refractivity contribution is 0.102. The first-order valence-electron chi connectivity index (χ1n) is 7.37. The van der Waals surface area contributed by atoms with Gasteiger partial charge in [-0.2, -0.15) is 0 Å². The van der Waals surface area contributed by atoms with Crippen molar-refractivity contribution in [2.24, 2.45) is 0 Å². The van der Waals surface area contributed by atoms with Crippen molar-refractivity contribution >= 4 is 23.1 Å². The second-order valence-corrected chi connectivity index (χ2v) is 5.19. The van der Waals surface area contributed by atoms with Crippen LogP contribution in [-0.2, 0) is 0 Å². The molecule has 1 aromatic heterocycles. The zero-order chi connectivity index (χ0) is 16.1. The number of hydrogen-bond acceptors (Lipinski definition) is 3. The lowest BCUT2D eigenvalue weighted by atomic mass is 10.2. The van der Waals surface area contributed by atoms with Crippen molar-refractivity contribution in [3.8, 4) is 0 Å². The van der Waals surface area contributed by atoms with Crippen LogP contribution in [0, 0.1) is 6.92 Å². The average Bonchev–Trinajstić information content (AvgIpc) is 2.59. The maximum Gasteiger partial charge on any atom is 0.256 e. The number of para-hydroxylation sites is 1. The Morgan fingerprint density at radius 3 is 2.35 bits per heavy atom. The van der Waals surface area contributed by atoms with Gasteiger partial charge in [0.2, 0.25) is 0 Å². The van der Waals surface area contributed by atoms with E-state index in [1.807, 2.05) is 55.5 Å². The monoisotopic (exact) mass is 303 g/mol. The van der Waals surface area contributed by atoms with Gasteiger partial charge in [-0.3, -0.25) is 4.79 Å². The summed E-state index contributed by atoms with van der Waals surface area (Å²) >= 11 is 0. The highest BCUT2D eigenvalue weighted by molar-refractivity contribution is 6.03. The Morgan fingerprint density at radius 1 is 0.913 bits per heavy atom. The summed E-state index contributed by atoms with van der Waals surface area (Å²) < 4.78 is 0. The standard InChI is InChI=1S/C19H17N3O/c1-14-7-5-6-10-17(14)21-16-11-12-18(20-13-16)22-19(23)15-8-3-2-4-9-15/h2-13,21H,1H3,(H,20,22,23). The molecule has 0 unspecified atom stereocenters. The first-order chi connectivity index (χ1) is 11.2. The number of aryl methyl sites for hydroxylation is 1. The zero-order valence-corrected chi connectivity index (χ0v) is 12.8. The summed E-state index contributed by atoms with van der Waals surface area (Å²) in [5.74, 6) is 0.354. The molecule has 3 rings (SSSR count). The van der Waals surface area contributed by atoms with Gasteiger partial charge in [-0.15, -0.1) is 0 Å². The highest BCUT2D eigenvalue weighted by Gasteiger charge is 2.06. The number of benzene rings is 2. The Kier molecular flexibility index (Phi) is 4.34. The molecule has 0 aliphatic heterocycles. The molecule has 0 saturated heterocycles. The highest BCUT2D eigenvalue weighted by Crippen LogP contribution is 2.20. The van der Waals surface area contributed by atoms with E-state index in [2.05, 4.69) is 15.6 Å². The van der Waals surface area contributed by atoms with Crippen LogP contribution in [-0.4, -0.2) is 10.9 Å². The van der Waals surface area contributed by atoms with Gasteiger partial charge in [0.15, 0.2) is 0 Å². The molecule has 0 saturated carbocycles. The van der Waals surface area contributed by atoms with Gasteiger partial charge in [-0.25, -0.2) is 4.98 Å². The number of aromatic nitrogens is 1. The SMILES string of the molecule is Cc1ccccc1Nc1ccc(NC(=O)c2ccccc2)nc1. The minimum Gasteiger partial charge on any atom is -0.354 e. The minimum atomic E-state index is -0.169. The largest absolute Gasteiger partial charge is 0.354 e. The van der Waals surface area contributed by atoms with Crippen LogP contribution in [0.4, 0.5) is 17.2 Å². The van der Waals surface area contributed by atoms with Crippen molar-refractivity contribution in [3.63, 3.8) is 0 Å². The molecule has 114 valence electrons. The molecule has 2 N–H and O–H groups in total. The van der Waals surface area contributed by atoms with E-state index >= 15 is 0 Å².